The lowest BCUT2D eigenvalue weighted by Crippen LogP contribution is -2.30. The van der Waals surface area contributed by atoms with Gasteiger partial charge in [0.05, 0.1) is 0 Å². The monoisotopic (exact) mass is 371 g/mol. The van der Waals surface area contributed by atoms with Gasteiger partial charge in [0.25, 0.3) is 6.01 Å². The fraction of sp³-hybridized carbons (Fsp3) is 0.600. The Morgan fingerprint density at radius 3 is 2.74 bits per heavy atom. The summed E-state index contributed by atoms with van der Waals surface area (Å²) in [6.45, 7) is 8.44. The molecule has 1 unspecified atom stereocenters. The van der Waals surface area contributed by atoms with Crippen LogP contribution in [-0.4, -0.2) is 29.3 Å². The van der Waals surface area contributed by atoms with Gasteiger partial charge in [-0.3, -0.25) is 4.90 Å². The van der Waals surface area contributed by atoms with E-state index in [1.165, 1.54) is 12.8 Å². The maximum atomic E-state index is 6.17. The van der Waals surface area contributed by atoms with Gasteiger partial charge in [0.2, 0.25) is 0 Å². The van der Waals surface area contributed by atoms with E-state index in [1.54, 1.807) is 12.5 Å². The highest BCUT2D eigenvalue weighted by atomic mass is 16.5. The zero-order valence-electron chi connectivity index (χ0n) is 16.3. The van der Waals surface area contributed by atoms with Crippen LogP contribution in [0.5, 0.6) is 0 Å². The zero-order valence-corrected chi connectivity index (χ0v) is 16.3. The Balaban J connectivity index is 1.57. The number of ether oxygens (including phenoxy) is 1. The van der Waals surface area contributed by atoms with Crippen LogP contribution < -0.4 is 9.80 Å². The molecule has 1 radical (unpaired) electrons. The predicted molar refractivity (Wildman–Crippen MR) is 102 cm³/mol. The van der Waals surface area contributed by atoms with E-state index in [4.69, 9.17) is 13.6 Å². The molecule has 27 heavy (non-hydrogen) atoms. The first-order valence-electron chi connectivity index (χ1n) is 9.88. The molecule has 0 spiro atoms. The second-order valence-electron chi connectivity index (χ2n) is 7.57. The van der Waals surface area contributed by atoms with Crippen LogP contribution in [0.2, 0.25) is 0 Å². The quantitative estimate of drug-likeness (QED) is 0.721. The molecule has 0 aliphatic carbocycles. The van der Waals surface area contributed by atoms with Crippen molar-refractivity contribution in [1.29, 1.82) is 0 Å². The first kappa shape index (κ1) is 17.9. The molecule has 4 heterocycles. The van der Waals surface area contributed by atoms with Crippen LogP contribution in [0.1, 0.15) is 58.0 Å². The van der Waals surface area contributed by atoms with Crippen molar-refractivity contribution in [1.82, 2.24) is 9.97 Å². The molecule has 0 amide bonds. The van der Waals surface area contributed by atoms with Crippen molar-refractivity contribution in [2.24, 2.45) is 5.92 Å². The first-order chi connectivity index (χ1) is 13.1. The third-order valence-corrected chi connectivity index (χ3v) is 4.79. The Labute approximate surface area is 160 Å². The van der Waals surface area contributed by atoms with Gasteiger partial charge in [-0.2, -0.15) is 4.98 Å². The Morgan fingerprint density at radius 2 is 2.00 bits per heavy atom. The van der Waals surface area contributed by atoms with Gasteiger partial charge < -0.3 is 18.5 Å². The first-order valence-corrected chi connectivity index (χ1v) is 9.88. The molecule has 0 aromatic carbocycles. The molecule has 7 heteroatoms. The second-order valence-corrected chi connectivity index (χ2v) is 7.57. The summed E-state index contributed by atoms with van der Waals surface area (Å²) in [6.07, 6.45) is 11.5. The minimum absolute atomic E-state index is 0.178. The van der Waals surface area contributed by atoms with E-state index < -0.39 is 0 Å². The van der Waals surface area contributed by atoms with Crippen molar-refractivity contribution in [3.63, 3.8) is 0 Å². The van der Waals surface area contributed by atoms with Crippen LogP contribution in [-0.2, 0) is 11.2 Å². The molecule has 0 saturated carbocycles. The number of nitrogens with zero attached hydrogens (tertiary/aromatic N) is 4. The van der Waals surface area contributed by atoms with Crippen molar-refractivity contribution in [3.8, 4) is 0 Å². The molecular formula is C20H27N4O3. The molecule has 2 aliphatic rings. The van der Waals surface area contributed by atoms with Gasteiger partial charge in [-0.05, 0) is 25.2 Å². The fourth-order valence-corrected chi connectivity index (χ4v) is 3.44. The van der Waals surface area contributed by atoms with Crippen LogP contribution >= 0.6 is 0 Å². The summed E-state index contributed by atoms with van der Waals surface area (Å²) in [5.74, 6) is 2.51. The fourth-order valence-electron chi connectivity index (χ4n) is 3.44. The minimum Gasteiger partial charge on any atom is -0.465 e. The lowest BCUT2D eigenvalue weighted by atomic mass is 10.1. The van der Waals surface area contributed by atoms with Gasteiger partial charge in [0.1, 0.15) is 24.4 Å². The van der Waals surface area contributed by atoms with Crippen LogP contribution in [0.15, 0.2) is 21.4 Å². The van der Waals surface area contributed by atoms with E-state index in [0.717, 1.165) is 44.1 Å². The molecule has 1 fully saturated rings. The van der Waals surface area contributed by atoms with Gasteiger partial charge >= 0.3 is 0 Å². The Hall–Kier alpha value is -2.44. The third kappa shape index (κ3) is 3.82. The highest BCUT2D eigenvalue weighted by Crippen LogP contribution is 2.34. The maximum Gasteiger partial charge on any atom is 0.299 e. The summed E-state index contributed by atoms with van der Waals surface area (Å²) >= 11 is 0. The SMILES string of the molecule is CCCc1nc(C2=[C]N(c3coc(N4CCCC4)n3)C(CC(C)C)O2)co1. The second kappa shape index (κ2) is 7.66. The van der Waals surface area contributed by atoms with E-state index >= 15 is 0 Å². The van der Waals surface area contributed by atoms with Crippen LogP contribution in [0.4, 0.5) is 11.8 Å². The molecule has 2 aliphatic heterocycles. The van der Waals surface area contributed by atoms with Crippen LogP contribution in [0.25, 0.3) is 5.76 Å². The number of hydrogen-bond acceptors (Lipinski definition) is 7. The summed E-state index contributed by atoms with van der Waals surface area (Å²) in [5.41, 5.74) is 0.679. The van der Waals surface area contributed by atoms with Crippen molar-refractivity contribution in [2.75, 3.05) is 22.9 Å². The Bertz CT molecular complexity index is 789. The number of aryl methyl sites for hydroxylation is 1. The molecule has 1 atom stereocenters. The Morgan fingerprint density at radius 1 is 1.19 bits per heavy atom. The largest absolute Gasteiger partial charge is 0.465 e. The number of anilines is 2. The van der Waals surface area contributed by atoms with Gasteiger partial charge in [-0.1, -0.05) is 20.8 Å². The summed E-state index contributed by atoms with van der Waals surface area (Å²) < 4.78 is 17.4. The van der Waals surface area contributed by atoms with Crippen molar-refractivity contribution in [3.05, 3.63) is 30.3 Å². The summed E-state index contributed by atoms with van der Waals surface area (Å²) in [4.78, 5) is 13.3. The highest BCUT2D eigenvalue weighted by molar-refractivity contribution is 5.61. The molecule has 145 valence electrons. The highest BCUT2D eigenvalue weighted by Gasteiger charge is 2.33. The van der Waals surface area contributed by atoms with Gasteiger partial charge in [-0.15, -0.1) is 0 Å². The van der Waals surface area contributed by atoms with Crippen molar-refractivity contribution in [2.45, 2.75) is 59.1 Å². The summed E-state index contributed by atoms with van der Waals surface area (Å²) in [5, 5.41) is 0. The minimum atomic E-state index is -0.178. The zero-order chi connectivity index (χ0) is 18.8. The van der Waals surface area contributed by atoms with Crippen molar-refractivity contribution >= 4 is 17.6 Å². The average Bonchev–Trinajstić information content (AvgIpc) is 3.41. The smallest absolute Gasteiger partial charge is 0.299 e. The lowest BCUT2D eigenvalue weighted by Gasteiger charge is -2.22. The molecular weight excluding hydrogens is 344 g/mol. The molecule has 0 N–H and O–H groups in total. The number of rotatable bonds is 7. The topological polar surface area (TPSA) is 67.8 Å². The molecule has 0 bridgehead atoms. The lowest BCUT2D eigenvalue weighted by molar-refractivity contribution is 0.164. The molecule has 2 aromatic heterocycles. The number of aromatic nitrogens is 2. The molecule has 7 nitrogen and oxygen atoms in total. The van der Waals surface area contributed by atoms with Crippen LogP contribution in [0, 0.1) is 12.1 Å². The number of hydrogen-bond donors (Lipinski definition) is 0. The standard InChI is InChI=1S/C20H27N4O3/c1-4-7-18-21-15(12-25-18)16-11-24(19(27-16)10-14(2)3)17-13-26-20(22-17)23-8-5-6-9-23/h12-14,19H,4-10H2,1-3H3. The van der Waals surface area contributed by atoms with Crippen molar-refractivity contribution < 1.29 is 13.6 Å². The summed E-state index contributed by atoms with van der Waals surface area (Å²) in [7, 11) is 0. The van der Waals surface area contributed by atoms with Gasteiger partial charge in [0.15, 0.2) is 23.7 Å². The molecule has 2 aromatic rings. The van der Waals surface area contributed by atoms with E-state index in [-0.39, 0.29) is 6.23 Å². The predicted octanol–water partition coefficient (Wildman–Crippen LogP) is 4.23. The summed E-state index contributed by atoms with van der Waals surface area (Å²) in [6, 6.07) is 0.674. The normalized spacial score (nSPS) is 19.9. The molecule has 4 rings (SSSR count). The molecule has 1 saturated heterocycles. The van der Waals surface area contributed by atoms with Gasteiger partial charge in [0, 0.05) is 25.9 Å². The van der Waals surface area contributed by atoms with E-state index in [0.29, 0.717) is 23.4 Å². The maximum absolute atomic E-state index is 6.17. The van der Waals surface area contributed by atoms with E-state index in [1.807, 2.05) is 4.90 Å². The van der Waals surface area contributed by atoms with E-state index in [2.05, 4.69) is 41.8 Å². The Kier molecular flexibility index (Phi) is 5.09. The van der Waals surface area contributed by atoms with E-state index in [9.17, 15) is 0 Å². The van der Waals surface area contributed by atoms with Gasteiger partial charge in [-0.25, -0.2) is 4.98 Å². The van der Waals surface area contributed by atoms with Crippen LogP contribution in [0.3, 0.4) is 0 Å². The average molecular weight is 371 g/mol. The third-order valence-electron chi connectivity index (χ3n) is 4.79. The number of oxazole rings is 2.